The molecule has 1 aliphatic heterocycles. The van der Waals surface area contributed by atoms with Crippen molar-refractivity contribution in [2.45, 2.75) is 24.5 Å². The number of nitrogen functional groups attached to an aromatic ring is 1. The Morgan fingerprint density at radius 3 is 2.74 bits per heavy atom. The van der Waals surface area contributed by atoms with Crippen molar-refractivity contribution in [3.8, 4) is 0 Å². The van der Waals surface area contributed by atoms with Gasteiger partial charge in [0.1, 0.15) is 30.2 Å². The summed E-state index contributed by atoms with van der Waals surface area (Å²) in [5.74, 6) is 0.218. The van der Waals surface area contributed by atoms with E-state index in [9.17, 15) is 10.2 Å². The van der Waals surface area contributed by atoms with Gasteiger partial charge in [-0.25, -0.2) is 15.0 Å². The van der Waals surface area contributed by atoms with Crippen LogP contribution in [0.3, 0.4) is 0 Å². The number of nitrogens with two attached hydrogens (primary N) is 1. The summed E-state index contributed by atoms with van der Waals surface area (Å²) in [5, 5.41) is 28.7. The maximum atomic E-state index is 9.95. The van der Waals surface area contributed by atoms with Gasteiger partial charge in [-0.15, -0.1) is 0 Å². The number of hydrogen-bond acceptors (Lipinski definition) is 8. The lowest BCUT2D eigenvalue weighted by molar-refractivity contribution is -0.0511. The highest BCUT2D eigenvalue weighted by atomic mass is 16.8. The number of aromatic nitrogens is 4. The fraction of sp³-hybridized carbons (Fsp3) is 0.500. The average molecular weight is 272 g/mol. The van der Waals surface area contributed by atoms with Crippen molar-refractivity contribution in [1.82, 2.24) is 19.5 Å². The fourth-order valence-corrected chi connectivity index (χ4v) is 2.17. The van der Waals surface area contributed by atoms with Crippen LogP contribution in [-0.4, -0.2) is 59.8 Å². The Morgan fingerprint density at radius 2 is 2.05 bits per heavy atom. The third kappa shape index (κ3) is 1.75. The Labute approximate surface area is 107 Å². The van der Waals surface area contributed by atoms with Gasteiger partial charge in [-0.05, 0) is 0 Å². The molecule has 0 spiro atoms. The van der Waals surface area contributed by atoms with Crippen LogP contribution in [0, 0.1) is 0 Å². The summed E-state index contributed by atoms with van der Waals surface area (Å²) < 4.78 is 6.85. The number of aliphatic hydroxyl groups is 3. The molecule has 1 saturated heterocycles. The number of rotatable bonds is 2. The molecule has 0 saturated carbocycles. The maximum Gasteiger partial charge on any atom is 0.167 e. The molecule has 2 aromatic rings. The molecule has 9 heteroatoms. The Bertz CT molecular complexity index is 603. The van der Waals surface area contributed by atoms with E-state index >= 15 is 0 Å². The topological polar surface area (TPSA) is 140 Å². The monoisotopic (exact) mass is 272 g/mol. The first-order valence-corrected chi connectivity index (χ1v) is 5.69. The van der Waals surface area contributed by atoms with Gasteiger partial charge in [-0.1, -0.05) is 0 Å². The first-order valence-electron chi connectivity index (χ1n) is 5.69. The largest absolute Gasteiger partial charge is 0.394 e. The highest BCUT2D eigenvalue weighted by Crippen LogP contribution is 2.31. The second-order valence-corrected chi connectivity index (χ2v) is 4.31. The van der Waals surface area contributed by atoms with Crippen LogP contribution in [0.4, 0.5) is 5.82 Å². The van der Waals surface area contributed by atoms with Crippen molar-refractivity contribution in [2.24, 2.45) is 0 Å². The normalized spacial score (nSPS) is 31.1. The first-order chi connectivity index (χ1) is 9.13. The van der Waals surface area contributed by atoms with E-state index in [4.69, 9.17) is 15.6 Å². The zero-order chi connectivity index (χ0) is 13.6. The summed E-state index contributed by atoms with van der Waals surface area (Å²) >= 11 is 0. The molecule has 0 bridgehead atoms. The van der Waals surface area contributed by atoms with Crippen molar-refractivity contribution < 1.29 is 20.1 Å². The second kappa shape index (κ2) is 4.38. The Balaban J connectivity index is 2.04. The lowest BCUT2D eigenvalue weighted by Gasteiger charge is -2.16. The minimum Gasteiger partial charge on any atom is -0.394 e. The predicted molar refractivity (Wildman–Crippen MR) is 62.7 cm³/mol. The molecule has 0 amide bonds. The van der Waals surface area contributed by atoms with Crippen LogP contribution in [0.5, 0.6) is 0 Å². The van der Waals surface area contributed by atoms with Gasteiger partial charge < -0.3 is 25.8 Å². The van der Waals surface area contributed by atoms with E-state index in [0.29, 0.717) is 11.2 Å². The molecule has 4 atom stereocenters. The van der Waals surface area contributed by atoms with Crippen molar-refractivity contribution in [3.63, 3.8) is 0 Å². The van der Waals surface area contributed by atoms with E-state index in [2.05, 4.69) is 15.0 Å². The molecular formula is C10H13N5O4. The van der Waals surface area contributed by atoms with Gasteiger partial charge >= 0.3 is 0 Å². The third-order valence-corrected chi connectivity index (χ3v) is 3.18. The van der Waals surface area contributed by atoms with E-state index in [1.165, 1.54) is 17.2 Å². The molecule has 0 aromatic carbocycles. The number of imidazole rings is 1. The summed E-state index contributed by atoms with van der Waals surface area (Å²) in [6.45, 7) is -0.390. The van der Waals surface area contributed by atoms with Gasteiger partial charge in [0.05, 0.1) is 12.9 Å². The molecular weight excluding hydrogens is 259 g/mol. The van der Waals surface area contributed by atoms with Crippen LogP contribution in [0.25, 0.3) is 11.2 Å². The van der Waals surface area contributed by atoms with Gasteiger partial charge in [-0.2, -0.15) is 0 Å². The summed E-state index contributed by atoms with van der Waals surface area (Å²) in [6.07, 6.45) is -1.42. The molecule has 19 heavy (non-hydrogen) atoms. The number of ether oxygens (including phenoxy) is 1. The minimum absolute atomic E-state index is 0.218. The molecule has 0 radical (unpaired) electrons. The predicted octanol–water partition coefficient (Wildman–Crippen LogP) is -1.98. The summed E-state index contributed by atoms with van der Waals surface area (Å²) in [7, 11) is 0. The molecule has 9 nitrogen and oxygen atoms in total. The summed E-state index contributed by atoms with van der Waals surface area (Å²) in [5.41, 5.74) is 6.44. The van der Waals surface area contributed by atoms with Crippen LogP contribution in [0.1, 0.15) is 6.23 Å². The third-order valence-electron chi connectivity index (χ3n) is 3.18. The van der Waals surface area contributed by atoms with E-state index in [1.807, 2.05) is 0 Å². The van der Waals surface area contributed by atoms with Crippen LogP contribution in [0.2, 0.25) is 0 Å². The highest BCUT2D eigenvalue weighted by molar-refractivity contribution is 5.81. The summed E-state index contributed by atoms with van der Waals surface area (Å²) in [4.78, 5) is 11.9. The lowest BCUT2D eigenvalue weighted by atomic mass is 10.5. The number of anilines is 1. The first kappa shape index (κ1) is 12.2. The zero-order valence-electron chi connectivity index (χ0n) is 9.79. The SMILES string of the molecule is Nc1ncnc2c1ncn2[13C@@H]1O[13C@H]([13CH2]O)[13CH](O)[13C@@H]1O. The summed E-state index contributed by atoms with van der Waals surface area (Å²) in [6, 6.07) is 0. The lowest BCUT2D eigenvalue weighted by Crippen LogP contribution is -2.33. The zero-order valence-corrected chi connectivity index (χ0v) is 9.79. The van der Waals surface area contributed by atoms with E-state index < -0.39 is 31.1 Å². The van der Waals surface area contributed by atoms with E-state index in [0.717, 1.165) is 0 Å². The minimum atomic E-state index is -1.19. The van der Waals surface area contributed by atoms with Crippen molar-refractivity contribution >= 4 is 17.0 Å². The quantitative estimate of drug-likeness (QED) is 0.461. The van der Waals surface area contributed by atoms with Crippen LogP contribution in [0.15, 0.2) is 12.7 Å². The molecule has 3 rings (SSSR count). The second-order valence-electron chi connectivity index (χ2n) is 4.31. The smallest absolute Gasteiger partial charge is 0.167 e. The van der Waals surface area contributed by atoms with Crippen molar-refractivity contribution in [1.29, 1.82) is 0 Å². The van der Waals surface area contributed by atoms with Crippen LogP contribution >= 0.6 is 0 Å². The van der Waals surface area contributed by atoms with E-state index in [-0.39, 0.29) is 5.82 Å². The molecule has 1 fully saturated rings. The van der Waals surface area contributed by atoms with Crippen LogP contribution < -0.4 is 5.73 Å². The highest BCUT2D eigenvalue weighted by Gasteiger charge is 2.43. The standard InChI is InChI=1S/C10H13N5O4/c11-8-5-9(13-2-12-8)15(3-14-5)10-7(18)6(17)4(1-16)19-10/h2-4,6-7,10,16-18H,1H2,(H2,11,12,13)/t4-,6?,7+,10-/m1/s1/i1+1,4+1,6+1,7+1,10+1. The average Bonchev–Trinajstić information content (AvgIpc) is 2.94. The molecule has 1 unspecified atom stereocenters. The molecule has 2 aromatic heterocycles. The Morgan fingerprint density at radius 1 is 1.26 bits per heavy atom. The Hall–Kier alpha value is -1.81. The van der Waals surface area contributed by atoms with Crippen molar-refractivity contribution in [2.75, 3.05) is 12.3 Å². The number of fused-ring (bicyclic) bond motifs is 1. The molecule has 0 aliphatic carbocycles. The molecule has 102 valence electrons. The molecule has 1 aliphatic rings. The maximum absolute atomic E-state index is 9.95. The van der Waals surface area contributed by atoms with Gasteiger partial charge in [-0.3, -0.25) is 4.57 Å². The number of hydrogen-bond donors (Lipinski definition) is 4. The fourth-order valence-electron chi connectivity index (χ4n) is 2.17. The number of nitrogens with zero attached hydrogens (tertiary/aromatic N) is 4. The van der Waals surface area contributed by atoms with Gasteiger partial charge in [0.25, 0.3) is 0 Å². The van der Waals surface area contributed by atoms with Gasteiger partial charge in [0.2, 0.25) is 0 Å². The molecule has 5 N–H and O–H groups in total. The van der Waals surface area contributed by atoms with Gasteiger partial charge in [0, 0.05) is 0 Å². The Kier molecular flexibility index (Phi) is 2.82. The molecule has 3 heterocycles. The van der Waals surface area contributed by atoms with Crippen molar-refractivity contribution in [3.05, 3.63) is 12.7 Å². The number of aliphatic hydroxyl groups excluding tert-OH is 3. The van der Waals surface area contributed by atoms with Crippen LogP contribution in [-0.2, 0) is 4.74 Å². The van der Waals surface area contributed by atoms with E-state index in [1.54, 1.807) is 0 Å². The van der Waals surface area contributed by atoms with Gasteiger partial charge in [0.15, 0.2) is 17.7 Å².